The van der Waals surface area contributed by atoms with E-state index in [4.69, 9.17) is 9.47 Å². The highest BCUT2D eigenvalue weighted by atomic mass is 16.5. The first-order valence-electron chi connectivity index (χ1n) is 8.48. The van der Waals surface area contributed by atoms with E-state index >= 15 is 0 Å². The van der Waals surface area contributed by atoms with Crippen molar-refractivity contribution in [3.63, 3.8) is 0 Å². The molecule has 0 spiro atoms. The Hall–Kier alpha value is -2.69. The van der Waals surface area contributed by atoms with Gasteiger partial charge in [0.25, 0.3) is 0 Å². The summed E-state index contributed by atoms with van der Waals surface area (Å²) in [5.74, 6) is 1.51. The molecule has 0 bridgehead atoms. The highest BCUT2D eigenvalue weighted by Crippen LogP contribution is 2.30. The number of methoxy groups -OCH3 is 1. The van der Waals surface area contributed by atoms with Crippen LogP contribution in [0.3, 0.4) is 0 Å². The molecule has 0 heterocycles. The second-order valence-electron chi connectivity index (χ2n) is 6.03. The molecule has 0 aliphatic carbocycles. The summed E-state index contributed by atoms with van der Waals surface area (Å²) >= 11 is 0. The lowest BCUT2D eigenvalue weighted by atomic mass is 9.96. The van der Waals surface area contributed by atoms with Crippen LogP contribution in [-0.2, 0) is 0 Å². The van der Waals surface area contributed by atoms with Crippen LogP contribution in [0.2, 0.25) is 0 Å². The zero-order chi connectivity index (χ0) is 18.2. The molecule has 0 aliphatic heterocycles. The number of urea groups is 1. The van der Waals surface area contributed by atoms with Crippen molar-refractivity contribution >= 4 is 11.7 Å². The first-order valence-corrected chi connectivity index (χ1v) is 8.48. The summed E-state index contributed by atoms with van der Waals surface area (Å²) in [6.45, 7) is 6.59. The number of anilines is 1. The molecular weight excluding hydrogens is 316 g/mol. The first kappa shape index (κ1) is 18.6. The number of nitrogens with one attached hydrogen (secondary N) is 2. The maximum absolute atomic E-state index is 12.4. The predicted molar refractivity (Wildman–Crippen MR) is 100 cm³/mol. The lowest BCUT2D eigenvalue weighted by Gasteiger charge is -2.23. The maximum atomic E-state index is 12.4. The minimum absolute atomic E-state index is 0.0641. The van der Waals surface area contributed by atoms with Gasteiger partial charge in [0.05, 0.1) is 19.8 Å². The van der Waals surface area contributed by atoms with Crippen LogP contribution in [0.4, 0.5) is 10.5 Å². The monoisotopic (exact) mass is 342 g/mol. The Morgan fingerprint density at radius 1 is 1.08 bits per heavy atom. The van der Waals surface area contributed by atoms with Crippen LogP contribution in [-0.4, -0.2) is 19.7 Å². The van der Waals surface area contributed by atoms with E-state index in [-0.39, 0.29) is 18.0 Å². The van der Waals surface area contributed by atoms with Gasteiger partial charge >= 0.3 is 6.03 Å². The topological polar surface area (TPSA) is 59.6 Å². The van der Waals surface area contributed by atoms with Crippen LogP contribution in [0.15, 0.2) is 48.5 Å². The van der Waals surface area contributed by atoms with Crippen LogP contribution < -0.4 is 20.1 Å². The Morgan fingerprint density at radius 2 is 1.80 bits per heavy atom. The van der Waals surface area contributed by atoms with Crippen molar-refractivity contribution < 1.29 is 14.3 Å². The fourth-order valence-electron chi connectivity index (χ4n) is 2.63. The van der Waals surface area contributed by atoms with Crippen molar-refractivity contribution in [3.05, 3.63) is 54.1 Å². The van der Waals surface area contributed by atoms with E-state index in [0.29, 0.717) is 23.8 Å². The normalized spacial score (nSPS) is 11.7. The van der Waals surface area contributed by atoms with E-state index in [9.17, 15) is 4.79 Å². The van der Waals surface area contributed by atoms with Gasteiger partial charge in [-0.05, 0) is 30.5 Å². The highest BCUT2D eigenvalue weighted by molar-refractivity contribution is 5.90. The second-order valence-corrected chi connectivity index (χ2v) is 6.03. The Bertz CT molecular complexity index is 687. The molecule has 0 aromatic heterocycles. The van der Waals surface area contributed by atoms with Crippen molar-refractivity contribution in [1.82, 2.24) is 5.32 Å². The molecule has 2 amide bonds. The van der Waals surface area contributed by atoms with Crippen molar-refractivity contribution in [3.8, 4) is 11.5 Å². The van der Waals surface area contributed by atoms with Crippen LogP contribution in [0.25, 0.3) is 0 Å². The Balaban J connectivity index is 2.09. The second kappa shape index (κ2) is 8.97. The third-order valence-electron chi connectivity index (χ3n) is 3.83. The third-order valence-corrected chi connectivity index (χ3v) is 3.83. The summed E-state index contributed by atoms with van der Waals surface area (Å²) in [7, 11) is 1.59. The zero-order valence-corrected chi connectivity index (χ0v) is 15.2. The number of rotatable bonds is 7. The predicted octanol–water partition coefficient (Wildman–Crippen LogP) is 4.61. The van der Waals surface area contributed by atoms with E-state index in [1.165, 1.54) is 0 Å². The minimum Gasteiger partial charge on any atom is -0.493 e. The fraction of sp³-hybridized carbons (Fsp3) is 0.350. The summed E-state index contributed by atoms with van der Waals surface area (Å²) in [5, 5.41) is 5.90. The van der Waals surface area contributed by atoms with Crippen LogP contribution >= 0.6 is 0 Å². The standard InChI is InChI=1S/C20H26N2O3/c1-5-25-18-13-16(11-12-17(18)24-4)21-20(23)22-19(14(2)3)15-9-7-6-8-10-15/h6-14,19H,5H2,1-4H3,(H2,21,22,23). The summed E-state index contributed by atoms with van der Waals surface area (Å²) in [6.07, 6.45) is 0. The van der Waals surface area contributed by atoms with Crippen molar-refractivity contribution in [2.75, 3.05) is 19.0 Å². The lowest BCUT2D eigenvalue weighted by molar-refractivity contribution is 0.244. The molecule has 2 aromatic rings. The molecular formula is C20H26N2O3. The number of hydrogen-bond acceptors (Lipinski definition) is 3. The SMILES string of the molecule is CCOc1cc(NC(=O)NC(c2ccccc2)C(C)C)ccc1OC. The lowest BCUT2D eigenvalue weighted by Crippen LogP contribution is -2.35. The molecule has 134 valence electrons. The third kappa shape index (κ3) is 5.14. The molecule has 2 N–H and O–H groups in total. The average Bonchev–Trinajstić information content (AvgIpc) is 2.61. The van der Waals surface area contributed by atoms with Crippen LogP contribution in [0.1, 0.15) is 32.4 Å². The Labute approximate surface area is 149 Å². The van der Waals surface area contributed by atoms with Crippen molar-refractivity contribution in [2.45, 2.75) is 26.8 Å². The Morgan fingerprint density at radius 3 is 2.40 bits per heavy atom. The van der Waals surface area contributed by atoms with E-state index in [2.05, 4.69) is 24.5 Å². The van der Waals surface area contributed by atoms with Gasteiger partial charge < -0.3 is 20.1 Å². The van der Waals surface area contributed by atoms with Crippen LogP contribution in [0.5, 0.6) is 11.5 Å². The Kier molecular flexibility index (Phi) is 6.69. The van der Waals surface area contributed by atoms with Gasteiger partial charge in [-0.1, -0.05) is 44.2 Å². The van der Waals surface area contributed by atoms with Gasteiger partial charge in [0, 0.05) is 11.8 Å². The molecule has 0 saturated carbocycles. The van der Waals surface area contributed by atoms with E-state index in [1.807, 2.05) is 37.3 Å². The molecule has 0 aliphatic rings. The molecule has 0 fully saturated rings. The number of benzene rings is 2. The van der Waals surface area contributed by atoms with Gasteiger partial charge in [0.1, 0.15) is 0 Å². The molecule has 0 saturated heterocycles. The van der Waals surface area contributed by atoms with Gasteiger partial charge in [-0.25, -0.2) is 4.79 Å². The largest absolute Gasteiger partial charge is 0.493 e. The maximum Gasteiger partial charge on any atom is 0.319 e. The van der Waals surface area contributed by atoms with Crippen molar-refractivity contribution in [2.24, 2.45) is 5.92 Å². The van der Waals surface area contributed by atoms with E-state index in [1.54, 1.807) is 25.3 Å². The molecule has 5 nitrogen and oxygen atoms in total. The van der Waals surface area contributed by atoms with Gasteiger partial charge in [-0.15, -0.1) is 0 Å². The molecule has 25 heavy (non-hydrogen) atoms. The molecule has 2 aromatic carbocycles. The zero-order valence-electron chi connectivity index (χ0n) is 15.2. The first-order chi connectivity index (χ1) is 12.0. The number of ether oxygens (including phenoxy) is 2. The highest BCUT2D eigenvalue weighted by Gasteiger charge is 2.18. The molecule has 5 heteroatoms. The minimum atomic E-state index is -0.254. The summed E-state index contributed by atoms with van der Waals surface area (Å²) in [6, 6.07) is 15.0. The number of amides is 2. The quantitative estimate of drug-likeness (QED) is 0.772. The summed E-state index contributed by atoms with van der Waals surface area (Å²) in [5.41, 5.74) is 1.73. The van der Waals surface area contributed by atoms with Gasteiger partial charge in [0.15, 0.2) is 11.5 Å². The molecule has 1 unspecified atom stereocenters. The van der Waals surface area contributed by atoms with Crippen LogP contribution in [0, 0.1) is 5.92 Å². The number of carbonyl (C=O) groups is 1. The van der Waals surface area contributed by atoms with E-state index < -0.39 is 0 Å². The van der Waals surface area contributed by atoms with Crippen molar-refractivity contribution in [1.29, 1.82) is 0 Å². The number of hydrogen-bond donors (Lipinski definition) is 2. The van der Waals surface area contributed by atoms with Gasteiger partial charge in [0.2, 0.25) is 0 Å². The fourth-order valence-corrected chi connectivity index (χ4v) is 2.63. The average molecular weight is 342 g/mol. The summed E-state index contributed by atoms with van der Waals surface area (Å²) in [4.78, 5) is 12.4. The van der Waals surface area contributed by atoms with Gasteiger partial charge in [-0.2, -0.15) is 0 Å². The number of carbonyl (C=O) groups excluding carboxylic acids is 1. The summed E-state index contributed by atoms with van der Waals surface area (Å²) < 4.78 is 10.8. The molecule has 2 rings (SSSR count). The van der Waals surface area contributed by atoms with E-state index in [0.717, 1.165) is 5.56 Å². The smallest absolute Gasteiger partial charge is 0.319 e. The molecule has 1 atom stereocenters. The van der Waals surface area contributed by atoms with Gasteiger partial charge in [-0.3, -0.25) is 0 Å². The molecule has 0 radical (unpaired) electrons.